The van der Waals surface area contributed by atoms with Crippen LogP contribution in [0.2, 0.25) is 0 Å². The predicted octanol–water partition coefficient (Wildman–Crippen LogP) is 4.64. The van der Waals surface area contributed by atoms with Gasteiger partial charge in [-0.15, -0.1) is 0 Å². The van der Waals surface area contributed by atoms with Crippen LogP contribution in [-0.4, -0.2) is 5.52 Å². The van der Waals surface area contributed by atoms with Gasteiger partial charge in [-0.25, -0.2) is 0 Å². The van der Waals surface area contributed by atoms with Gasteiger partial charge in [0.2, 0.25) is 0 Å². The Balaban J connectivity index is 2.64. The first-order chi connectivity index (χ1) is 7.79. The highest BCUT2D eigenvalue weighted by Gasteiger charge is 2.13. The average molecular weight is 226 g/mol. The smallest absolute Gasteiger partial charge is 0.175 e. The van der Waals surface area contributed by atoms with E-state index in [0.29, 0.717) is 0 Å². The van der Waals surface area contributed by atoms with Crippen molar-refractivity contribution in [3.8, 4) is 0 Å². The molecule has 2 aromatic carbocycles. The molecule has 1 aromatic heterocycles. The van der Waals surface area contributed by atoms with E-state index in [4.69, 9.17) is 0 Å². The van der Waals surface area contributed by atoms with E-state index in [0.717, 1.165) is 0 Å². The van der Waals surface area contributed by atoms with Crippen molar-refractivity contribution < 1.29 is 4.79 Å². The van der Waals surface area contributed by atoms with Gasteiger partial charge >= 0.3 is 0 Å². The van der Waals surface area contributed by atoms with Gasteiger partial charge in [0.1, 0.15) is 0 Å². The maximum absolute atomic E-state index is 11.8. The third-order valence-electron chi connectivity index (χ3n) is 2.89. The monoisotopic (exact) mass is 226 g/mol. The number of rotatable bonds is 1. The van der Waals surface area contributed by atoms with E-state index in [1.165, 1.54) is 21.0 Å². The van der Waals surface area contributed by atoms with Crippen molar-refractivity contribution in [3.05, 3.63) is 48.5 Å². The second-order valence-electron chi connectivity index (χ2n) is 3.89. The number of fused-ring (bicyclic) bond motifs is 3. The van der Waals surface area contributed by atoms with Crippen molar-refractivity contribution in [1.82, 2.24) is 0 Å². The molecule has 0 saturated carbocycles. The number of hydrogen-bond acceptors (Lipinski definition) is 1. The molecule has 3 rings (SSSR count). The SMILES string of the molecule is CC(=O)p1c2ccccc2c2ccccc21. The van der Waals surface area contributed by atoms with Crippen LogP contribution in [-0.2, 0) is 0 Å². The largest absolute Gasteiger partial charge is 0.290 e. The zero-order chi connectivity index (χ0) is 11.1. The Kier molecular flexibility index (Phi) is 2.08. The summed E-state index contributed by atoms with van der Waals surface area (Å²) in [6.07, 6.45) is 0. The Bertz CT molecular complexity index is 641. The van der Waals surface area contributed by atoms with Crippen LogP contribution in [0.15, 0.2) is 48.5 Å². The van der Waals surface area contributed by atoms with Crippen LogP contribution in [0.4, 0.5) is 0 Å². The molecule has 0 bridgehead atoms. The molecule has 2 heteroatoms. The third kappa shape index (κ3) is 1.22. The molecule has 0 aliphatic carbocycles. The zero-order valence-corrected chi connectivity index (χ0v) is 9.87. The minimum atomic E-state index is -0.775. The fourth-order valence-electron chi connectivity index (χ4n) is 2.26. The molecule has 0 amide bonds. The highest BCUT2D eigenvalue weighted by atomic mass is 31.1. The molecule has 1 heterocycles. The quantitative estimate of drug-likeness (QED) is 0.590. The number of benzene rings is 2. The molecular formula is C14H11OP. The maximum Gasteiger partial charge on any atom is 0.175 e. The molecule has 78 valence electrons. The highest BCUT2D eigenvalue weighted by Crippen LogP contribution is 2.48. The van der Waals surface area contributed by atoms with Gasteiger partial charge in [0.05, 0.1) is 0 Å². The molecule has 0 fully saturated rings. The van der Waals surface area contributed by atoms with Gasteiger partial charge in [-0.2, -0.15) is 0 Å². The first-order valence-corrected chi connectivity index (χ1v) is 6.62. The summed E-state index contributed by atoms with van der Waals surface area (Å²) in [5, 5.41) is 4.90. The van der Waals surface area contributed by atoms with Gasteiger partial charge in [-0.1, -0.05) is 36.4 Å². The first kappa shape index (κ1) is 9.62. The van der Waals surface area contributed by atoms with Gasteiger partial charge in [-0.3, -0.25) is 4.79 Å². The van der Waals surface area contributed by atoms with E-state index in [-0.39, 0.29) is 5.52 Å². The normalized spacial score (nSPS) is 11.1. The molecular weight excluding hydrogens is 215 g/mol. The molecule has 0 aliphatic rings. The Morgan fingerprint density at radius 2 is 1.31 bits per heavy atom. The third-order valence-corrected chi connectivity index (χ3v) is 5.27. The van der Waals surface area contributed by atoms with Crippen LogP contribution in [0.5, 0.6) is 0 Å². The van der Waals surface area contributed by atoms with E-state index >= 15 is 0 Å². The summed E-state index contributed by atoms with van der Waals surface area (Å²) in [6, 6.07) is 16.5. The summed E-state index contributed by atoms with van der Waals surface area (Å²) >= 11 is 0. The number of carbonyl (C=O) groups is 1. The van der Waals surface area contributed by atoms with E-state index in [9.17, 15) is 4.79 Å². The van der Waals surface area contributed by atoms with Crippen molar-refractivity contribution in [2.24, 2.45) is 0 Å². The van der Waals surface area contributed by atoms with Crippen molar-refractivity contribution in [3.63, 3.8) is 0 Å². The van der Waals surface area contributed by atoms with Crippen molar-refractivity contribution in [1.29, 1.82) is 0 Å². The molecule has 1 nitrogen and oxygen atoms in total. The van der Waals surface area contributed by atoms with Crippen LogP contribution in [0, 0.1) is 0 Å². The lowest BCUT2D eigenvalue weighted by Crippen LogP contribution is -1.73. The molecule has 3 aromatic rings. The maximum atomic E-state index is 11.8. The van der Waals surface area contributed by atoms with Gasteiger partial charge in [0.25, 0.3) is 0 Å². The summed E-state index contributed by atoms with van der Waals surface area (Å²) in [5.74, 6) is 0. The topological polar surface area (TPSA) is 17.1 Å². The molecule has 16 heavy (non-hydrogen) atoms. The minimum Gasteiger partial charge on any atom is -0.290 e. The Hall–Kier alpha value is -1.59. The summed E-state index contributed by atoms with van der Waals surface area (Å²) in [5.41, 5.74) is 0.285. The van der Waals surface area contributed by atoms with Gasteiger partial charge in [-0.05, 0) is 30.4 Å². The van der Waals surface area contributed by atoms with Gasteiger partial charge in [0.15, 0.2) is 5.52 Å². The van der Waals surface area contributed by atoms with E-state index in [1.54, 1.807) is 6.92 Å². The van der Waals surface area contributed by atoms with Crippen molar-refractivity contribution in [2.75, 3.05) is 0 Å². The average Bonchev–Trinajstić information content (AvgIpc) is 2.63. The first-order valence-electron chi connectivity index (χ1n) is 5.28. The fourth-order valence-corrected chi connectivity index (χ4v) is 4.54. The van der Waals surface area contributed by atoms with Gasteiger partial charge in [0, 0.05) is 17.2 Å². The Morgan fingerprint density at radius 1 is 0.875 bits per heavy atom. The lowest BCUT2D eigenvalue weighted by molar-refractivity contribution is 0.106. The lowest BCUT2D eigenvalue weighted by atomic mass is 10.2. The Labute approximate surface area is 94.8 Å². The summed E-state index contributed by atoms with van der Waals surface area (Å²) in [6.45, 7) is 1.70. The molecule has 0 atom stereocenters. The van der Waals surface area contributed by atoms with Crippen LogP contribution in [0.3, 0.4) is 0 Å². The number of hydrogen-bond donors (Lipinski definition) is 0. The standard InChI is InChI=1S/C14H11OP/c1-10(15)16-13-8-4-2-6-11(13)12-7-3-5-9-14(12)16/h2-9H,1H3. The second kappa shape index (κ2) is 3.47. The molecule has 0 aliphatic heterocycles. The van der Waals surface area contributed by atoms with Crippen LogP contribution in [0.25, 0.3) is 21.0 Å². The molecule has 0 N–H and O–H groups in total. The van der Waals surface area contributed by atoms with E-state index in [2.05, 4.69) is 24.3 Å². The molecule has 0 radical (unpaired) electrons. The number of carbonyl (C=O) groups excluding carboxylic acids is 1. The lowest BCUT2D eigenvalue weighted by Gasteiger charge is -1.95. The van der Waals surface area contributed by atoms with E-state index < -0.39 is 7.53 Å². The van der Waals surface area contributed by atoms with Crippen molar-refractivity contribution in [2.45, 2.75) is 6.92 Å². The van der Waals surface area contributed by atoms with Crippen LogP contribution in [0.1, 0.15) is 11.7 Å². The van der Waals surface area contributed by atoms with Gasteiger partial charge < -0.3 is 0 Å². The summed E-state index contributed by atoms with van der Waals surface area (Å²) < 4.78 is 0. The zero-order valence-electron chi connectivity index (χ0n) is 8.97. The highest BCUT2D eigenvalue weighted by molar-refractivity contribution is 7.77. The van der Waals surface area contributed by atoms with Crippen LogP contribution >= 0.6 is 7.53 Å². The predicted molar refractivity (Wildman–Crippen MR) is 70.5 cm³/mol. The summed E-state index contributed by atoms with van der Waals surface area (Å²) in [7, 11) is -0.775. The molecule has 0 saturated heterocycles. The molecule has 0 spiro atoms. The van der Waals surface area contributed by atoms with E-state index in [1.807, 2.05) is 24.3 Å². The minimum absolute atomic E-state index is 0.285. The summed E-state index contributed by atoms with van der Waals surface area (Å²) in [4.78, 5) is 11.8. The fraction of sp³-hybridized carbons (Fsp3) is 0.0714. The van der Waals surface area contributed by atoms with Crippen molar-refractivity contribution >= 4 is 34.1 Å². The Morgan fingerprint density at radius 3 is 1.75 bits per heavy atom. The molecule has 0 unspecified atom stereocenters. The van der Waals surface area contributed by atoms with Crippen LogP contribution < -0.4 is 0 Å². The second-order valence-corrected chi connectivity index (χ2v) is 6.15.